The van der Waals surface area contributed by atoms with Crippen LogP contribution in [0.15, 0.2) is 47.4 Å². The topological polar surface area (TPSA) is 125 Å². The average Bonchev–Trinajstić information content (AvgIpc) is 2.64. The molecule has 9 heteroatoms. The van der Waals surface area contributed by atoms with Gasteiger partial charge in [-0.15, -0.1) is 0 Å². The molecule has 0 aliphatic carbocycles. The summed E-state index contributed by atoms with van der Waals surface area (Å²) in [6, 6.07) is 9.24. The van der Waals surface area contributed by atoms with Gasteiger partial charge in [-0.1, -0.05) is 6.07 Å². The van der Waals surface area contributed by atoms with Crippen LogP contribution in [0.3, 0.4) is 0 Å². The monoisotopic (exact) mass is 394 g/mol. The molecule has 2 rings (SSSR count). The van der Waals surface area contributed by atoms with E-state index >= 15 is 0 Å². The van der Waals surface area contributed by atoms with E-state index in [9.17, 15) is 23.4 Å². The van der Waals surface area contributed by atoms with Crippen LogP contribution in [0.4, 0.5) is 0 Å². The number of carbonyl (C=O) groups excluding carboxylic acids is 1. The van der Waals surface area contributed by atoms with E-state index in [1.165, 1.54) is 50.4 Å². The lowest BCUT2D eigenvalue weighted by Crippen LogP contribution is -2.45. The lowest BCUT2D eigenvalue weighted by molar-refractivity contribution is -0.122. The molecule has 0 aliphatic heterocycles. The SMILES string of the molecule is COc1ccc(S(=O)(=O)N[C@@H](C)C(=O)NCCc2ccc(O)c(O)c2)cc1. The van der Waals surface area contributed by atoms with Gasteiger partial charge in [-0.05, 0) is 55.3 Å². The van der Waals surface area contributed by atoms with Crippen LogP contribution in [0.25, 0.3) is 0 Å². The number of sulfonamides is 1. The summed E-state index contributed by atoms with van der Waals surface area (Å²) in [5.74, 6) is -0.404. The number of methoxy groups -OCH3 is 1. The molecule has 2 aromatic carbocycles. The summed E-state index contributed by atoms with van der Waals surface area (Å²) in [5, 5.41) is 21.3. The van der Waals surface area contributed by atoms with E-state index in [0.29, 0.717) is 12.2 Å². The molecule has 27 heavy (non-hydrogen) atoms. The van der Waals surface area contributed by atoms with Crippen LogP contribution in [0.5, 0.6) is 17.2 Å². The van der Waals surface area contributed by atoms with Gasteiger partial charge in [0.05, 0.1) is 18.0 Å². The van der Waals surface area contributed by atoms with Crippen LogP contribution in [0, 0.1) is 0 Å². The predicted molar refractivity (Wildman–Crippen MR) is 99.3 cm³/mol. The summed E-state index contributed by atoms with van der Waals surface area (Å²) in [7, 11) is -2.36. The number of aromatic hydroxyl groups is 2. The first-order valence-electron chi connectivity index (χ1n) is 8.18. The molecule has 4 N–H and O–H groups in total. The second-order valence-electron chi connectivity index (χ2n) is 5.88. The van der Waals surface area contributed by atoms with Gasteiger partial charge in [-0.25, -0.2) is 8.42 Å². The minimum atomic E-state index is -3.84. The third-order valence-corrected chi connectivity index (χ3v) is 5.40. The van der Waals surface area contributed by atoms with E-state index in [0.717, 1.165) is 5.56 Å². The number of rotatable bonds is 8. The Hall–Kier alpha value is -2.78. The Labute approximate surface area is 157 Å². The third kappa shape index (κ3) is 5.60. The Morgan fingerprint density at radius 3 is 2.37 bits per heavy atom. The Bertz CT molecular complexity index is 897. The summed E-state index contributed by atoms with van der Waals surface area (Å²) in [6.07, 6.45) is 0.414. The molecular weight excluding hydrogens is 372 g/mol. The average molecular weight is 394 g/mol. The molecule has 0 bridgehead atoms. The van der Waals surface area contributed by atoms with Crippen LogP contribution in [-0.4, -0.2) is 44.2 Å². The molecular formula is C18H22N2O6S. The first-order chi connectivity index (χ1) is 12.7. The minimum Gasteiger partial charge on any atom is -0.504 e. The predicted octanol–water partition coefficient (Wildman–Crippen LogP) is 1.13. The van der Waals surface area contributed by atoms with Gasteiger partial charge >= 0.3 is 0 Å². The van der Waals surface area contributed by atoms with Crippen LogP contribution in [-0.2, 0) is 21.2 Å². The van der Waals surface area contributed by atoms with E-state index in [4.69, 9.17) is 4.74 Å². The van der Waals surface area contributed by atoms with Crippen molar-refractivity contribution in [1.82, 2.24) is 10.0 Å². The molecule has 0 aliphatic rings. The first kappa shape index (κ1) is 20.5. The number of benzene rings is 2. The molecule has 0 unspecified atom stereocenters. The lowest BCUT2D eigenvalue weighted by atomic mass is 10.1. The fourth-order valence-corrected chi connectivity index (χ4v) is 3.52. The van der Waals surface area contributed by atoms with Crippen LogP contribution in [0.1, 0.15) is 12.5 Å². The number of hydrogen-bond donors (Lipinski definition) is 4. The second-order valence-corrected chi connectivity index (χ2v) is 7.60. The van der Waals surface area contributed by atoms with Gasteiger partial charge in [0.1, 0.15) is 5.75 Å². The molecule has 0 saturated heterocycles. The molecule has 0 heterocycles. The van der Waals surface area contributed by atoms with E-state index in [2.05, 4.69) is 10.0 Å². The zero-order valence-electron chi connectivity index (χ0n) is 15.0. The summed E-state index contributed by atoms with van der Waals surface area (Å²) in [4.78, 5) is 12.1. The number of ether oxygens (including phenoxy) is 1. The maximum atomic E-state index is 12.3. The number of phenolic OH excluding ortho intramolecular Hbond substituents is 2. The van der Waals surface area contributed by atoms with Gasteiger partial charge in [0.25, 0.3) is 0 Å². The number of phenols is 2. The molecule has 1 atom stereocenters. The quantitative estimate of drug-likeness (QED) is 0.498. The number of nitrogens with one attached hydrogen (secondary N) is 2. The smallest absolute Gasteiger partial charge is 0.241 e. The maximum absolute atomic E-state index is 12.3. The summed E-state index contributed by atoms with van der Waals surface area (Å²) in [5.41, 5.74) is 0.720. The fourth-order valence-electron chi connectivity index (χ4n) is 2.32. The van der Waals surface area contributed by atoms with Gasteiger partial charge in [-0.2, -0.15) is 4.72 Å². The molecule has 0 fully saturated rings. The number of hydrogen-bond acceptors (Lipinski definition) is 6. The van der Waals surface area contributed by atoms with Crippen molar-refractivity contribution in [3.63, 3.8) is 0 Å². The number of amides is 1. The van der Waals surface area contributed by atoms with Gasteiger partial charge in [0, 0.05) is 6.54 Å². The number of carbonyl (C=O) groups is 1. The Balaban J connectivity index is 1.89. The molecule has 0 aromatic heterocycles. The van der Waals surface area contributed by atoms with Gasteiger partial charge < -0.3 is 20.3 Å². The van der Waals surface area contributed by atoms with Gasteiger partial charge in [-0.3, -0.25) is 4.79 Å². The summed E-state index contributed by atoms with van der Waals surface area (Å²) in [6.45, 7) is 1.69. The van der Waals surface area contributed by atoms with Crippen molar-refractivity contribution in [1.29, 1.82) is 0 Å². The highest BCUT2D eigenvalue weighted by molar-refractivity contribution is 7.89. The lowest BCUT2D eigenvalue weighted by Gasteiger charge is -2.15. The van der Waals surface area contributed by atoms with E-state index < -0.39 is 22.0 Å². The molecule has 8 nitrogen and oxygen atoms in total. The third-order valence-electron chi connectivity index (χ3n) is 3.85. The normalized spacial score (nSPS) is 12.4. The summed E-state index contributed by atoms with van der Waals surface area (Å²) >= 11 is 0. The van der Waals surface area contributed by atoms with Crippen LogP contribution >= 0.6 is 0 Å². The first-order valence-corrected chi connectivity index (χ1v) is 9.66. The molecule has 0 radical (unpaired) electrons. The van der Waals surface area contributed by atoms with Crippen LogP contribution in [0.2, 0.25) is 0 Å². The van der Waals surface area contributed by atoms with E-state index in [1.54, 1.807) is 6.07 Å². The van der Waals surface area contributed by atoms with Crippen molar-refractivity contribution < 1.29 is 28.2 Å². The zero-order valence-corrected chi connectivity index (χ0v) is 15.8. The molecule has 146 valence electrons. The second kappa shape index (κ2) is 8.74. The molecule has 2 aromatic rings. The van der Waals surface area contributed by atoms with Crippen molar-refractivity contribution in [2.45, 2.75) is 24.3 Å². The zero-order chi connectivity index (χ0) is 20.0. The highest BCUT2D eigenvalue weighted by Crippen LogP contribution is 2.24. The van der Waals surface area contributed by atoms with Crippen molar-refractivity contribution >= 4 is 15.9 Å². The maximum Gasteiger partial charge on any atom is 0.241 e. The standard InChI is InChI=1S/C18H22N2O6S/c1-12(20-27(24,25)15-6-4-14(26-2)5-7-15)18(23)19-10-9-13-3-8-16(21)17(22)11-13/h3-8,11-12,20-22H,9-10H2,1-2H3,(H,19,23)/t12-/m0/s1. The fraction of sp³-hybridized carbons (Fsp3) is 0.278. The Morgan fingerprint density at radius 1 is 1.11 bits per heavy atom. The Morgan fingerprint density at radius 2 is 1.78 bits per heavy atom. The minimum absolute atomic E-state index is 0.0301. The van der Waals surface area contributed by atoms with Crippen LogP contribution < -0.4 is 14.8 Å². The molecule has 1 amide bonds. The van der Waals surface area contributed by atoms with Gasteiger partial charge in [0.2, 0.25) is 15.9 Å². The van der Waals surface area contributed by atoms with Gasteiger partial charge in [0.15, 0.2) is 11.5 Å². The van der Waals surface area contributed by atoms with Crippen molar-refractivity contribution in [2.75, 3.05) is 13.7 Å². The Kier molecular flexibility index (Phi) is 6.65. The molecule has 0 spiro atoms. The summed E-state index contributed by atoms with van der Waals surface area (Å²) < 4.78 is 32.0. The van der Waals surface area contributed by atoms with Crippen molar-refractivity contribution in [3.8, 4) is 17.2 Å². The van der Waals surface area contributed by atoms with E-state index in [1.807, 2.05) is 0 Å². The van der Waals surface area contributed by atoms with Crippen molar-refractivity contribution in [2.24, 2.45) is 0 Å². The largest absolute Gasteiger partial charge is 0.504 e. The highest BCUT2D eigenvalue weighted by Gasteiger charge is 2.21. The highest BCUT2D eigenvalue weighted by atomic mass is 32.2. The molecule has 0 saturated carbocycles. The van der Waals surface area contributed by atoms with E-state index in [-0.39, 0.29) is 22.9 Å². The van der Waals surface area contributed by atoms with Crippen molar-refractivity contribution in [3.05, 3.63) is 48.0 Å².